The first-order valence-corrected chi connectivity index (χ1v) is 8.70. The fraction of sp³-hybridized carbons (Fsp3) is 0.450. The topological polar surface area (TPSA) is 51.4 Å². The van der Waals surface area contributed by atoms with Crippen LogP contribution in [0.5, 0.6) is 5.75 Å². The molecule has 0 bridgehead atoms. The minimum atomic E-state index is 0.452. The largest absolute Gasteiger partial charge is 0.491 e. The maximum atomic E-state index is 6.10. The van der Waals surface area contributed by atoms with Crippen LogP contribution in [0.15, 0.2) is 42.7 Å². The van der Waals surface area contributed by atoms with Crippen molar-refractivity contribution in [2.45, 2.75) is 39.2 Å². The van der Waals surface area contributed by atoms with Gasteiger partial charge in [0.15, 0.2) is 0 Å². The van der Waals surface area contributed by atoms with Gasteiger partial charge in [-0.3, -0.25) is 4.98 Å². The molecule has 0 aliphatic rings. The van der Waals surface area contributed by atoms with Gasteiger partial charge in [-0.1, -0.05) is 13.0 Å². The minimum Gasteiger partial charge on any atom is -0.491 e. The molecule has 2 rings (SSSR count). The summed E-state index contributed by atoms with van der Waals surface area (Å²) < 4.78 is 5.64. The van der Waals surface area contributed by atoms with Crippen LogP contribution in [-0.4, -0.2) is 36.1 Å². The Labute approximate surface area is 145 Å². The SMILES string of the molecule is CCCOc1ccc(CC(C)N(C)CCc2ccncc2)cc1N. The lowest BCUT2D eigenvalue weighted by atomic mass is 10.0. The molecule has 0 fully saturated rings. The Morgan fingerprint density at radius 2 is 1.92 bits per heavy atom. The van der Waals surface area contributed by atoms with Crippen LogP contribution >= 0.6 is 0 Å². The average Bonchev–Trinajstić information content (AvgIpc) is 2.60. The molecule has 0 saturated heterocycles. The van der Waals surface area contributed by atoms with Crippen molar-refractivity contribution in [1.82, 2.24) is 9.88 Å². The Balaban J connectivity index is 1.86. The maximum absolute atomic E-state index is 6.10. The first-order valence-electron chi connectivity index (χ1n) is 8.70. The quantitative estimate of drug-likeness (QED) is 0.716. The van der Waals surface area contributed by atoms with Crippen LogP contribution in [0.4, 0.5) is 5.69 Å². The highest BCUT2D eigenvalue weighted by Crippen LogP contribution is 2.23. The van der Waals surface area contributed by atoms with Crippen molar-refractivity contribution >= 4 is 5.69 Å². The lowest BCUT2D eigenvalue weighted by Gasteiger charge is -2.25. The summed E-state index contributed by atoms with van der Waals surface area (Å²) in [7, 11) is 2.17. The van der Waals surface area contributed by atoms with Gasteiger partial charge in [-0.05, 0) is 68.6 Å². The summed E-state index contributed by atoms with van der Waals surface area (Å²) >= 11 is 0. The van der Waals surface area contributed by atoms with Crippen LogP contribution in [0.3, 0.4) is 0 Å². The maximum Gasteiger partial charge on any atom is 0.142 e. The zero-order valence-corrected chi connectivity index (χ0v) is 15.0. The van der Waals surface area contributed by atoms with Crippen molar-refractivity contribution in [3.05, 3.63) is 53.9 Å². The Morgan fingerprint density at radius 3 is 2.58 bits per heavy atom. The monoisotopic (exact) mass is 327 g/mol. The summed E-state index contributed by atoms with van der Waals surface area (Å²) in [4.78, 5) is 6.45. The van der Waals surface area contributed by atoms with Gasteiger partial charge >= 0.3 is 0 Å². The normalized spacial score (nSPS) is 12.3. The van der Waals surface area contributed by atoms with Gasteiger partial charge in [-0.25, -0.2) is 0 Å². The van der Waals surface area contributed by atoms with Crippen LogP contribution in [0, 0.1) is 0 Å². The number of aromatic nitrogens is 1. The standard InChI is InChI=1S/C20H29N3O/c1-4-13-24-20-6-5-18(15-19(20)21)14-16(2)23(3)12-9-17-7-10-22-11-8-17/h5-8,10-11,15-16H,4,9,12-14,21H2,1-3H3. The third-order valence-corrected chi connectivity index (χ3v) is 4.32. The fourth-order valence-corrected chi connectivity index (χ4v) is 2.64. The van der Waals surface area contributed by atoms with E-state index in [2.05, 4.69) is 49.0 Å². The highest BCUT2D eigenvalue weighted by atomic mass is 16.5. The number of hydrogen-bond donors (Lipinski definition) is 1. The molecule has 4 heteroatoms. The van der Waals surface area contributed by atoms with Crippen LogP contribution in [-0.2, 0) is 12.8 Å². The molecule has 0 saturated carbocycles. The molecule has 0 spiro atoms. The van der Waals surface area contributed by atoms with E-state index >= 15 is 0 Å². The van der Waals surface area contributed by atoms with Gasteiger partial charge in [0.05, 0.1) is 12.3 Å². The summed E-state index contributed by atoms with van der Waals surface area (Å²) in [5.74, 6) is 0.791. The fourth-order valence-electron chi connectivity index (χ4n) is 2.64. The predicted molar refractivity (Wildman–Crippen MR) is 100 cm³/mol. The van der Waals surface area contributed by atoms with E-state index in [-0.39, 0.29) is 0 Å². The molecule has 0 amide bonds. The second kappa shape index (κ2) is 9.28. The average molecular weight is 327 g/mol. The Morgan fingerprint density at radius 1 is 1.17 bits per heavy atom. The van der Waals surface area contributed by atoms with Crippen molar-refractivity contribution in [3.63, 3.8) is 0 Å². The number of likely N-dealkylation sites (N-methyl/N-ethyl adjacent to an activating group) is 1. The van der Waals surface area contributed by atoms with Crippen molar-refractivity contribution < 1.29 is 4.74 Å². The second-order valence-electron chi connectivity index (χ2n) is 6.36. The third-order valence-electron chi connectivity index (χ3n) is 4.32. The number of anilines is 1. The summed E-state index contributed by atoms with van der Waals surface area (Å²) in [5.41, 5.74) is 9.41. The highest BCUT2D eigenvalue weighted by molar-refractivity contribution is 5.54. The van der Waals surface area contributed by atoms with Gasteiger partial charge in [0.25, 0.3) is 0 Å². The van der Waals surface area contributed by atoms with E-state index in [4.69, 9.17) is 10.5 Å². The van der Waals surface area contributed by atoms with Gasteiger partial charge < -0.3 is 15.4 Å². The molecule has 1 aromatic heterocycles. The number of nitrogens with zero attached hydrogens (tertiary/aromatic N) is 2. The Kier molecular flexibility index (Phi) is 7.07. The van der Waals surface area contributed by atoms with Gasteiger partial charge in [0.2, 0.25) is 0 Å². The molecule has 1 atom stereocenters. The van der Waals surface area contributed by atoms with Gasteiger partial charge in [-0.15, -0.1) is 0 Å². The number of pyridine rings is 1. The van der Waals surface area contributed by atoms with E-state index in [0.29, 0.717) is 12.6 Å². The third kappa shape index (κ3) is 5.53. The van der Waals surface area contributed by atoms with Gasteiger partial charge in [0.1, 0.15) is 5.75 Å². The molecule has 24 heavy (non-hydrogen) atoms. The molecule has 1 unspecified atom stereocenters. The molecule has 2 aromatic rings. The van der Waals surface area contributed by atoms with Crippen molar-refractivity contribution in [1.29, 1.82) is 0 Å². The molecule has 1 heterocycles. The zero-order valence-electron chi connectivity index (χ0n) is 15.0. The minimum absolute atomic E-state index is 0.452. The lowest BCUT2D eigenvalue weighted by molar-refractivity contribution is 0.259. The van der Waals surface area contributed by atoms with Crippen LogP contribution < -0.4 is 10.5 Å². The first kappa shape index (κ1) is 18.3. The number of nitrogens with two attached hydrogens (primary N) is 1. The second-order valence-corrected chi connectivity index (χ2v) is 6.36. The molecule has 2 N–H and O–H groups in total. The van der Waals surface area contributed by atoms with E-state index in [1.54, 1.807) is 0 Å². The van der Waals surface area contributed by atoms with Crippen molar-refractivity contribution in [2.75, 3.05) is 25.9 Å². The van der Waals surface area contributed by atoms with Crippen molar-refractivity contribution in [2.24, 2.45) is 0 Å². The van der Waals surface area contributed by atoms with E-state index < -0.39 is 0 Å². The number of hydrogen-bond acceptors (Lipinski definition) is 4. The summed E-state index contributed by atoms with van der Waals surface area (Å²) in [6.07, 6.45) is 6.70. The number of rotatable bonds is 9. The molecule has 4 nitrogen and oxygen atoms in total. The molecule has 1 aromatic carbocycles. The van der Waals surface area contributed by atoms with Gasteiger partial charge in [-0.2, -0.15) is 0 Å². The number of ether oxygens (including phenoxy) is 1. The molecule has 0 aliphatic heterocycles. The smallest absolute Gasteiger partial charge is 0.142 e. The highest BCUT2D eigenvalue weighted by Gasteiger charge is 2.11. The van der Waals surface area contributed by atoms with Crippen LogP contribution in [0.2, 0.25) is 0 Å². The van der Waals surface area contributed by atoms with Gasteiger partial charge in [0, 0.05) is 25.0 Å². The number of benzene rings is 1. The van der Waals surface area contributed by atoms with E-state index in [1.807, 2.05) is 24.5 Å². The van der Waals surface area contributed by atoms with E-state index in [0.717, 1.165) is 37.2 Å². The molecule has 130 valence electrons. The van der Waals surface area contributed by atoms with Crippen LogP contribution in [0.25, 0.3) is 0 Å². The molecule has 0 aliphatic carbocycles. The van der Waals surface area contributed by atoms with Crippen LogP contribution in [0.1, 0.15) is 31.4 Å². The zero-order chi connectivity index (χ0) is 17.4. The Bertz CT molecular complexity index is 616. The lowest BCUT2D eigenvalue weighted by Crippen LogP contribution is -2.32. The van der Waals surface area contributed by atoms with E-state index in [9.17, 15) is 0 Å². The summed E-state index contributed by atoms with van der Waals surface area (Å²) in [5, 5.41) is 0. The predicted octanol–water partition coefficient (Wildman–Crippen LogP) is 3.56. The van der Waals surface area contributed by atoms with E-state index in [1.165, 1.54) is 11.1 Å². The number of nitrogen functional groups attached to an aromatic ring is 1. The molecular formula is C20H29N3O. The summed E-state index contributed by atoms with van der Waals surface area (Å²) in [6, 6.07) is 10.8. The molecule has 0 radical (unpaired) electrons. The first-order chi connectivity index (χ1) is 11.6. The van der Waals surface area contributed by atoms with Crippen molar-refractivity contribution in [3.8, 4) is 5.75 Å². The molecular weight excluding hydrogens is 298 g/mol. The summed E-state index contributed by atoms with van der Waals surface area (Å²) in [6.45, 7) is 6.08. The Hall–Kier alpha value is -2.07.